The molecule has 0 aliphatic rings. The lowest BCUT2D eigenvalue weighted by Crippen LogP contribution is -2.15. The lowest BCUT2D eigenvalue weighted by molar-refractivity contribution is -0.142. The SMILES string of the molecule is CCCCCOC(=O)Cc1ccc(OC)c(S(N)(=O)=O)c1. The van der Waals surface area contributed by atoms with Crippen molar-refractivity contribution >= 4 is 16.0 Å². The van der Waals surface area contributed by atoms with Crippen LogP contribution in [0.25, 0.3) is 0 Å². The highest BCUT2D eigenvalue weighted by molar-refractivity contribution is 7.89. The van der Waals surface area contributed by atoms with Crippen molar-refractivity contribution in [1.82, 2.24) is 0 Å². The summed E-state index contributed by atoms with van der Waals surface area (Å²) in [5.74, 6) is -0.241. The molecule has 0 spiro atoms. The Morgan fingerprint density at radius 3 is 2.57 bits per heavy atom. The summed E-state index contributed by atoms with van der Waals surface area (Å²) < 4.78 is 33.0. The molecule has 1 aromatic rings. The zero-order chi connectivity index (χ0) is 15.9. The lowest BCUT2D eigenvalue weighted by atomic mass is 10.1. The van der Waals surface area contributed by atoms with Gasteiger partial charge in [0.25, 0.3) is 0 Å². The molecule has 6 nitrogen and oxygen atoms in total. The van der Waals surface area contributed by atoms with E-state index in [1.165, 1.54) is 19.2 Å². The number of carbonyl (C=O) groups is 1. The van der Waals surface area contributed by atoms with E-state index >= 15 is 0 Å². The van der Waals surface area contributed by atoms with Gasteiger partial charge in [0.2, 0.25) is 10.0 Å². The summed E-state index contributed by atoms with van der Waals surface area (Å²) >= 11 is 0. The molecule has 0 bridgehead atoms. The number of esters is 1. The maximum Gasteiger partial charge on any atom is 0.310 e. The molecule has 118 valence electrons. The fourth-order valence-electron chi connectivity index (χ4n) is 1.81. The Bertz CT molecular complexity index is 583. The van der Waals surface area contributed by atoms with E-state index in [1.54, 1.807) is 6.07 Å². The van der Waals surface area contributed by atoms with Crippen molar-refractivity contribution in [3.63, 3.8) is 0 Å². The Morgan fingerprint density at radius 2 is 2.00 bits per heavy atom. The second kappa shape index (κ2) is 7.99. The smallest absolute Gasteiger partial charge is 0.310 e. The summed E-state index contributed by atoms with van der Waals surface area (Å²) in [6, 6.07) is 4.42. The van der Waals surface area contributed by atoms with E-state index in [9.17, 15) is 13.2 Å². The van der Waals surface area contributed by atoms with Crippen molar-refractivity contribution in [2.45, 2.75) is 37.5 Å². The highest BCUT2D eigenvalue weighted by Crippen LogP contribution is 2.24. The monoisotopic (exact) mass is 315 g/mol. The van der Waals surface area contributed by atoms with E-state index < -0.39 is 16.0 Å². The van der Waals surface area contributed by atoms with Crippen LogP contribution in [0.5, 0.6) is 5.75 Å². The van der Waals surface area contributed by atoms with Crippen LogP contribution in [-0.2, 0) is 26.0 Å². The third-order valence-electron chi connectivity index (χ3n) is 2.89. The normalized spacial score (nSPS) is 11.2. The van der Waals surface area contributed by atoms with Gasteiger partial charge in [0.15, 0.2) is 0 Å². The number of sulfonamides is 1. The van der Waals surface area contributed by atoms with Crippen molar-refractivity contribution in [3.05, 3.63) is 23.8 Å². The zero-order valence-corrected chi connectivity index (χ0v) is 13.1. The molecule has 0 saturated heterocycles. The van der Waals surface area contributed by atoms with Gasteiger partial charge in [-0.15, -0.1) is 0 Å². The predicted octanol–water partition coefficient (Wildman–Crippen LogP) is 1.62. The zero-order valence-electron chi connectivity index (χ0n) is 12.3. The number of methoxy groups -OCH3 is 1. The maximum absolute atomic E-state index is 11.7. The van der Waals surface area contributed by atoms with Crippen LogP contribution in [0.15, 0.2) is 23.1 Å². The molecule has 0 aromatic heterocycles. The first kappa shape index (κ1) is 17.5. The molecule has 2 N–H and O–H groups in total. The quantitative estimate of drug-likeness (QED) is 0.581. The highest BCUT2D eigenvalue weighted by atomic mass is 32.2. The molecule has 21 heavy (non-hydrogen) atoms. The number of benzene rings is 1. The molecule has 0 radical (unpaired) electrons. The Morgan fingerprint density at radius 1 is 1.29 bits per heavy atom. The largest absolute Gasteiger partial charge is 0.495 e. The van der Waals surface area contributed by atoms with Crippen molar-refractivity contribution in [2.75, 3.05) is 13.7 Å². The molecule has 0 heterocycles. The van der Waals surface area contributed by atoms with Gasteiger partial charge in [0, 0.05) is 0 Å². The second-order valence-corrected chi connectivity index (χ2v) is 6.16. The van der Waals surface area contributed by atoms with E-state index in [4.69, 9.17) is 14.6 Å². The minimum atomic E-state index is -3.91. The number of rotatable bonds is 8. The molecular formula is C14H21NO5S. The van der Waals surface area contributed by atoms with Gasteiger partial charge in [-0.25, -0.2) is 13.6 Å². The van der Waals surface area contributed by atoms with Crippen LogP contribution < -0.4 is 9.88 Å². The van der Waals surface area contributed by atoms with Crippen LogP contribution >= 0.6 is 0 Å². The fourth-order valence-corrected chi connectivity index (χ4v) is 2.56. The number of primary sulfonamides is 1. The summed E-state index contributed by atoms with van der Waals surface area (Å²) in [7, 11) is -2.55. The maximum atomic E-state index is 11.7. The number of ether oxygens (including phenoxy) is 2. The topological polar surface area (TPSA) is 95.7 Å². The molecule has 0 aliphatic heterocycles. The molecular weight excluding hydrogens is 294 g/mol. The summed E-state index contributed by atoms with van der Waals surface area (Å²) in [5, 5.41) is 5.12. The number of unbranched alkanes of at least 4 members (excludes halogenated alkanes) is 2. The molecule has 0 amide bonds. The van der Waals surface area contributed by atoms with Gasteiger partial charge >= 0.3 is 5.97 Å². The minimum absolute atomic E-state index is 0.00135. The first-order chi connectivity index (χ1) is 9.88. The van der Waals surface area contributed by atoms with Gasteiger partial charge in [0.1, 0.15) is 10.6 Å². The van der Waals surface area contributed by atoms with Gasteiger partial charge < -0.3 is 9.47 Å². The standard InChI is InChI=1S/C14H21NO5S/c1-3-4-5-8-20-14(16)10-11-6-7-12(19-2)13(9-11)21(15,17)18/h6-7,9H,3-5,8,10H2,1-2H3,(H2,15,17,18). The summed E-state index contributed by atoms with van der Waals surface area (Å²) in [6.07, 6.45) is 2.88. The van der Waals surface area contributed by atoms with E-state index in [0.717, 1.165) is 19.3 Å². The molecule has 1 rings (SSSR count). The molecule has 0 atom stereocenters. The molecule has 0 aliphatic carbocycles. The average molecular weight is 315 g/mol. The molecule has 7 heteroatoms. The van der Waals surface area contributed by atoms with Crippen LogP contribution in [-0.4, -0.2) is 28.1 Å². The third kappa shape index (κ3) is 5.73. The van der Waals surface area contributed by atoms with Crippen LogP contribution in [0.1, 0.15) is 31.7 Å². The third-order valence-corrected chi connectivity index (χ3v) is 3.83. The lowest BCUT2D eigenvalue weighted by Gasteiger charge is -2.09. The molecule has 1 aromatic carbocycles. The minimum Gasteiger partial charge on any atom is -0.495 e. The fraction of sp³-hybridized carbons (Fsp3) is 0.500. The van der Waals surface area contributed by atoms with E-state index in [-0.39, 0.29) is 17.1 Å². The number of hydrogen-bond acceptors (Lipinski definition) is 5. The first-order valence-electron chi connectivity index (χ1n) is 6.73. The Kier molecular flexibility index (Phi) is 6.64. The van der Waals surface area contributed by atoms with Crippen LogP contribution in [0.2, 0.25) is 0 Å². The van der Waals surface area contributed by atoms with E-state index in [1.807, 2.05) is 0 Å². The van der Waals surface area contributed by atoms with Crippen molar-refractivity contribution in [3.8, 4) is 5.75 Å². The van der Waals surface area contributed by atoms with Crippen LogP contribution in [0.3, 0.4) is 0 Å². The second-order valence-electron chi connectivity index (χ2n) is 4.63. The van der Waals surface area contributed by atoms with Crippen molar-refractivity contribution < 1.29 is 22.7 Å². The summed E-state index contributed by atoms with van der Waals surface area (Å²) in [5.41, 5.74) is 0.514. The van der Waals surface area contributed by atoms with Crippen molar-refractivity contribution in [1.29, 1.82) is 0 Å². The highest BCUT2D eigenvalue weighted by Gasteiger charge is 2.16. The summed E-state index contributed by atoms with van der Waals surface area (Å²) in [6.45, 7) is 2.44. The van der Waals surface area contributed by atoms with E-state index in [2.05, 4.69) is 6.92 Å². The van der Waals surface area contributed by atoms with Gasteiger partial charge in [-0.1, -0.05) is 25.8 Å². The number of nitrogens with two attached hydrogens (primary N) is 1. The Labute approximate surface area is 125 Å². The van der Waals surface area contributed by atoms with Gasteiger partial charge in [0.05, 0.1) is 20.1 Å². The summed E-state index contributed by atoms with van der Waals surface area (Å²) in [4.78, 5) is 11.5. The van der Waals surface area contributed by atoms with Crippen LogP contribution in [0, 0.1) is 0 Å². The van der Waals surface area contributed by atoms with Crippen molar-refractivity contribution in [2.24, 2.45) is 5.14 Å². The Balaban J connectivity index is 2.74. The molecule has 0 saturated carbocycles. The van der Waals surface area contributed by atoms with E-state index in [0.29, 0.717) is 12.2 Å². The van der Waals surface area contributed by atoms with Crippen LogP contribution in [0.4, 0.5) is 0 Å². The molecule has 0 unspecified atom stereocenters. The molecule has 0 fully saturated rings. The average Bonchev–Trinajstić information content (AvgIpc) is 2.42. The van der Waals surface area contributed by atoms with Gasteiger partial charge in [-0.05, 0) is 24.1 Å². The number of hydrogen-bond donors (Lipinski definition) is 1. The number of carbonyl (C=O) groups excluding carboxylic acids is 1. The Hall–Kier alpha value is -1.60. The first-order valence-corrected chi connectivity index (χ1v) is 8.28. The van der Waals surface area contributed by atoms with Gasteiger partial charge in [-0.2, -0.15) is 0 Å². The van der Waals surface area contributed by atoms with Gasteiger partial charge in [-0.3, -0.25) is 4.79 Å². The predicted molar refractivity (Wildman–Crippen MR) is 78.6 cm³/mol.